The van der Waals surface area contributed by atoms with Crippen LogP contribution in [0.4, 0.5) is 0 Å². The fourth-order valence-electron chi connectivity index (χ4n) is 3.12. The van der Waals surface area contributed by atoms with Crippen molar-refractivity contribution in [3.05, 3.63) is 47.5 Å². The molecule has 1 fully saturated rings. The third-order valence-corrected chi connectivity index (χ3v) is 4.12. The third kappa shape index (κ3) is 2.95. The van der Waals surface area contributed by atoms with Gasteiger partial charge in [0.2, 0.25) is 0 Å². The highest BCUT2D eigenvalue weighted by Gasteiger charge is 2.34. The minimum Gasteiger partial charge on any atom is -0.378 e. The fourth-order valence-corrected chi connectivity index (χ4v) is 3.12. The standard InChI is InChI=1S/C18H21NO/c1-2-3-7-16-10-17-13-20-14-18(11-16)19(17)12-15-8-5-4-6-9-15/h4-6,8-10,17-18H,7,11-14H2,1H3. The number of morpholine rings is 1. The number of hydrogen-bond acceptors (Lipinski definition) is 2. The zero-order chi connectivity index (χ0) is 13.8. The Balaban J connectivity index is 1.75. The minimum absolute atomic E-state index is 0.413. The maximum Gasteiger partial charge on any atom is 0.0658 e. The average Bonchev–Trinajstić information content (AvgIpc) is 2.46. The van der Waals surface area contributed by atoms with Crippen LogP contribution < -0.4 is 0 Å². The zero-order valence-electron chi connectivity index (χ0n) is 12.0. The summed E-state index contributed by atoms with van der Waals surface area (Å²) < 4.78 is 5.73. The van der Waals surface area contributed by atoms with Gasteiger partial charge >= 0.3 is 0 Å². The molecule has 2 unspecified atom stereocenters. The predicted octanol–water partition coefficient (Wildman–Crippen LogP) is 3.00. The predicted molar refractivity (Wildman–Crippen MR) is 81.1 cm³/mol. The van der Waals surface area contributed by atoms with Crippen molar-refractivity contribution < 1.29 is 4.74 Å². The molecule has 2 nitrogen and oxygen atoms in total. The molecule has 20 heavy (non-hydrogen) atoms. The Morgan fingerprint density at radius 3 is 2.85 bits per heavy atom. The van der Waals surface area contributed by atoms with Crippen LogP contribution in [0.3, 0.4) is 0 Å². The summed E-state index contributed by atoms with van der Waals surface area (Å²) in [6, 6.07) is 11.6. The SMILES string of the molecule is CC#CCC1=CC2COCC(C1)N2Cc1ccccc1. The monoisotopic (exact) mass is 267 g/mol. The first-order valence-corrected chi connectivity index (χ1v) is 7.33. The summed E-state index contributed by atoms with van der Waals surface area (Å²) in [6.45, 7) is 4.59. The summed E-state index contributed by atoms with van der Waals surface area (Å²) in [6.07, 6.45) is 4.39. The third-order valence-electron chi connectivity index (χ3n) is 4.12. The molecule has 2 aliphatic rings. The molecule has 1 saturated heterocycles. The van der Waals surface area contributed by atoms with Crippen LogP contribution in [0.15, 0.2) is 42.0 Å². The Hall–Kier alpha value is -1.56. The van der Waals surface area contributed by atoms with E-state index >= 15 is 0 Å². The Labute approximate surface area is 121 Å². The summed E-state index contributed by atoms with van der Waals surface area (Å²) in [5.41, 5.74) is 2.87. The molecular formula is C18H21NO. The van der Waals surface area contributed by atoms with Crippen molar-refractivity contribution in [2.75, 3.05) is 13.2 Å². The topological polar surface area (TPSA) is 12.5 Å². The van der Waals surface area contributed by atoms with Crippen molar-refractivity contribution in [1.29, 1.82) is 0 Å². The van der Waals surface area contributed by atoms with Gasteiger partial charge in [-0.2, -0.15) is 0 Å². The number of hydrogen-bond donors (Lipinski definition) is 0. The minimum atomic E-state index is 0.413. The normalized spacial score (nSPS) is 25.6. The maximum atomic E-state index is 5.73. The Morgan fingerprint density at radius 1 is 1.25 bits per heavy atom. The van der Waals surface area contributed by atoms with Gasteiger partial charge in [0.1, 0.15) is 0 Å². The van der Waals surface area contributed by atoms with E-state index in [0.29, 0.717) is 12.1 Å². The van der Waals surface area contributed by atoms with Gasteiger partial charge < -0.3 is 4.74 Å². The summed E-state index contributed by atoms with van der Waals surface area (Å²) in [7, 11) is 0. The Kier molecular flexibility index (Phi) is 4.20. The van der Waals surface area contributed by atoms with E-state index in [4.69, 9.17) is 4.74 Å². The molecule has 0 aliphatic carbocycles. The van der Waals surface area contributed by atoms with Crippen molar-refractivity contribution in [3.63, 3.8) is 0 Å². The molecule has 2 aliphatic heterocycles. The molecule has 2 atom stereocenters. The van der Waals surface area contributed by atoms with E-state index in [2.05, 4.69) is 53.1 Å². The smallest absolute Gasteiger partial charge is 0.0658 e. The largest absolute Gasteiger partial charge is 0.378 e. The number of ether oxygens (including phenoxy) is 1. The van der Waals surface area contributed by atoms with E-state index in [-0.39, 0.29) is 0 Å². The van der Waals surface area contributed by atoms with E-state index in [1.165, 1.54) is 11.1 Å². The van der Waals surface area contributed by atoms with E-state index in [1.54, 1.807) is 0 Å². The van der Waals surface area contributed by atoms with Crippen molar-refractivity contribution in [1.82, 2.24) is 4.90 Å². The molecule has 0 radical (unpaired) electrons. The molecule has 0 aromatic heterocycles. The quantitative estimate of drug-likeness (QED) is 0.616. The molecule has 2 heteroatoms. The highest BCUT2D eigenvalue weighted by Crippen LogP contribution is 2.29. The molecule has 2 bridgehead atoms. The van der Waals surface area contributed by atoms with Crippen LogP contribution in [0.1, 0.15) is 25.3 Å². The van der Waals surface area contributed by atoms with Gasteiger partial charge in [0.25, 0.3) is 0 Å². The molecule has 3 rings (SSSR count). The lowest BCUT2D eigenvalue weighted by Crippen LogP contribution is -2.53. The fraction of sp³-hybridized carbons (Fsp3) is 0.444. The van der Waals surface area contributed by atoms with Gasteiger partial charge in [-0.3, -0.25) is 4.90 Å². The number of fused-ring (bicyclic) bond motifs is 2. The second kappa shape index (κ2) is 6.26. The van der Waals surface area contributed by atoms with Gasteiger partial charge in [-0.1, -0.05) is 47.9 Å². The summed E-state index contributed by atoms with van der Waals surface area (Å²) >= 11 is 0. The van der Waals surface area contributed by atoms with Crippen LogP contribution in [0.2, 0.25) is 0 Å². The first-order valence-electron chi connectivity index (χ1n) is 7.33. The molecule has 0 N–H and O–H groups in total. The first-order chi connectivity index (χ1) is 9.86. The number of nitrogens with zero attached hydrogens (tertiary/aromatic N) is 1. The lowest BCUT2D eigenvalue weighted by atomic mass is 9.92. The molecule has 0 amide bonds. The summed E-state index contributed by atoms with van der Waals surface area (Å²) in [4.78, 5) is 2.59. The second-order valence-electron chi connectivity index (χ2n) is 5.55. The molecular weight excluding hydrogens is 246 g/mol. The van der Waals surface area contributed by atoms with Crippen LogP contribution in [0.5, 0.6) is 0 Å². The molecule has 104 valence electrons. The summed E-state index contributed by atoms with van der Waals surface area (Å²) in [5.74, 6) is 6.19. The van der Waals surface area contributed by atoms with Crippen molar-refractivity contribution in [3.8, 4) is 11.8 Å². The van der Waals surface area contributed by atoms with Crippen LogP contribution in [-0.4, -0.2) is 30.2 Å². The lowest BCUT2D eigenvalue weighted by molar-refractivity contribution is -0.0439. The molecule has 0 spiro atoms. The number of benzene rings is 1. The molecule has 1 aromatic rings. The van der Waals surface area contributed by atoms with Gasteiger partial charge in [-0.15, -0.1) is 5.92 Å². The highest BCUT2D eigenvalue weighted by atomic mass is 16.5. The van der Waals surface area contributed by atoms with E-state index < -0.39 is 0 Å². The Bertz CT molecular complexity index is 538. The lowest BCUT2D eigenvalue weighted by Gasteiger charge is -2.44. The molecule has 1 aromatic carbocycles. The second-order valence-corrected chi connectivity index (χ2v) is 5.55. The maximum absolute atomic E-state index is 5.73. The van der Waals surface area contributed by atoms with E-state index in [0.717, 1.165) is 32.6 Å². The van der Waals surface area contributed by atoms with Crippen molar-refractivity contribution >= 4 is 0 Å². The van der Waals surface area contributed by atoms with Crippen molar-refractivity contribution in [2.45, 2.75) is 38.4 Å². The molecule has 0 saturated carbocycles. The first kappa shape index (κ1) is 13.4. The van der Waals surface area contributed by atoms with Gasteiger partial charge in [0.15, 0.2) is 0 Å². The van der Waals surface area contributed by atoms with Gasteiger partial charge in [0.05, 0.1) is 19.3 Å². The van der Waals surface area contributed by atoms with Crippen LogP contribution in [0.25, 0.3) is 0 Å². The average molecular weight is 267 g/mol. The van der Waals surface area contributed by atoms with Gasteiger partial charge in [0, 0.05) is 19.0 Å². The van der Waals surface area contributed by atoms with Crippen LogP contribution >= 0.6 is 0 Å². The van der Waals surface area contributed by atoms with Crippen LogP contribution in [-0.2, 0) is 11.3 Å². The number of rotatable bonds is 3. The van der Waals surface area contributed by atoms with E-state index in [1.807, 2.05) is 6.92 Å². The highest BCUT2D eigenvalue weighted by molar-refractivity contribution is 5.23. The zero-order valence-corrected chi connectivity index (χ0v) is 12.0. The molecule has 2 heterocycles. The van der Waals surface area contributed by atoms with Crippen LogP contribution in [0, 0.1) is 11.8 Å². The van der Waals surface area contributed by atoms with E-state index in [9.17, 15) is 0 Å². The Morgan fingerprint density at radius 2 is 2.10 bits per heavy atom. The van der Waals surface area contributed by atoms with Gasteiger partial charge in [-0.25, -0.2) is 0 Å². The summed E-state index contributed by atoms with van der Waals surface area (Å²) in [5, 5.41) is 0. The van der Waals surface area contributed by atoms with Gasteiger partial charge in [-0.05, 0) is 18.9 Å². The van der Waals surface area contributed by atoms with Crippen molar-refractivity contribution in [2.24, 2.45) is 0 Å².